The molecule has 3 heteroatoms. The molecule has 2 aliphatic carbocycles. The van der Waals surface area contributed by atoms with Gasteiger partial charge in [0.05, 0.1) is 26.4 Å². The second kappa shape index (κ2) is 2.72. The van der Waals surface area contributed by atoms with E-state index >= 15 is 0 Å². The number of fused-ring (bicyclic) bond motifs is 8. The van der Waals surface area contributed by atoms with Gasteiger partial charge in [-0.3, -0.25) is 0 Å². The summed E-state index contributed by atoms with van der Waals surface area (Å²) in [5.41, 5.74) is 2.68. The molecule has 0 aromatic heterocycles. The average molecular weight is 218 g/mol. The van der Waals surface area contributed by atoms with Crippen molar-refractivity contribution in [2.45, 2.75) is 30.5 Å². The van der Waals surface area contributed by atoms with Crippen molar-refractivity contribution in [3.8, 4) is 11.5 Å². The molecule has 0 unspecified atom stereocenters. The number of benzene rings is 1. The maximum Gasteiger partial charge on any atom is 0.122 e. The molecule has 1 aromatic carbocycles. The summed E-state index contributed by atoms with van der Waals surface area (Å²) in [5, 5.41) is 0. The molecule has 3 nitrogen and oxygen atoms in total. The van der Waals surface area contributed by atoms with E-state index in [1.54, 1.807) is 14.2 Å². The van der Waals surface area contributed by atoms with Crippen molar-refractivity contribution < 1.29 is 14.2 Å². The predicted octanol–water partition coefficient (Wildman–Crippen LogP) is 2.06. The zero-order valence-electron chi connectivity index (χ0n) is 9.40. The molecule has 3 aliphatic rings. The van der Waals surface area contributed by atoms with Crippen molar-refractivity contribution in [2.24, 2.45) is 0 Å². The van der Waals surface area contributed by atoms with Crippen molar-refractivity contribution in [1.82, 2.24) is 0 Å². The van der Waals surface area contributed by atoms with Crippen molar-refractivity contribution in [3.05, 3.63) is 23.3 Å². The van der Waals surface area contributed by atoms with Crippen LogP contribution in [0.5, 0.6) is 11.5 Å². The summed E-state index contributed by atoms with van der Waals surface area (Å²) in [7, 11) is 3.47. The summed E-state index contributed by atoms with van der Waals surface area (Å²) in [6, 6.07) is 4.02. The zero-order chi connectivity index (χ0) is 10.9. The highest BCUT2D eigenvalue weighted by Gasteiger charge is 2.63. The highest BCUT2D eigenvalue weighted by Crippen LogP contribution is 2.66. The molecule has 0 radical (unpaired) electrons. The molecule has 16 heavy (non-hydrogen) atoms. The van der Waals surface area contributed by atoms with Crippen LogP contribution in [0.2, 0.25) is 0 Å². The highest BCUT2D eigenvalue weighted by molar-refractivity contribution is 5.60. The number of rotatable bonds is 2. The lowest BCUT2D eigenvalue weighted by atomic mass is 9.90. The number of ether oxygens (including phenoxy) is 3. The van der Waals surface area contributed by atoms with Gasteiger partial charge in [-0.2, -0.15) is 0 Å². The fraction of sp³-hybridized carbons (Fsp3) is 0.538. The lowest BCUT2D eigenvalue weighted by molar-refractivity contribution is 0.294. The van der Waals surface area contributed by atoms with Gasteiger partial charge in [0.15, 0.2) is 0 Å². The van der Waals surface area contributed by atoms with E-state index in [0.717, 1.165) is 11.5 Å². The lowest BCUT2D eigenvalue weighted by Crippen LogP contribution is -2.10. The van der Waals surface area contributed by atoms with Crippen LogP contribution < -0.4 is 9.47 Å². The maximum atomic E-state index is 5.71. The van der Waals surface area contributed by atoms with Gasteiger partial charge in [0.2, 0.25) is 0 Å². The maximum absolute atomic E-state index is 5.71. The van der Waals surface area contributed by atoms with E-state index in [1.807, 2.05) is 12.1 Å². The van der Waals surface area contributed by atoms with E-state index in [-0.39, 0.29) is 0 Å². The van der Waals surface area contributed by atoms with Gasteiger partial charge in [-0.15, -0.1) is 0 Å². The van der Waals surface area contributed by atoms with Crippen LogP contribution in [-0.4, -0.2) is 26.4 Å². The van der Waals surface area contributed by atoms with Crippen LogP contribution in [0.25, 0.3) is 0 Å². The number of methoxy groups -OCH3 is 2. The summed E-state index contributed by atoms with van der Waals surface area (Å²) in [6.07, 6.45) is 2.12. The Hall–Kier alpha value is -1.22. The fourth-order valence-corrected chi connectivity index (χ4v) is 3.61. The zero-order valence-corrected chi connectivity index (χ0v) is 9.40. The van der Waals surface area contributed by atoms with Crippen molar-refractivity contribution in [3.63, 3.8) is 0 Å². The highest BCUT2D eigenvalue weighted by atomic mass is 16.6. The molecular formula is C13H14O3. The smallest absolute Gasteiger partial charge is 0.122 e. The Morgan fingerprint density at radius 1 is 1.00 bits per heavy atom. The largest absolute Gasteiger partial charge is 0.496 e. The van der Waals surface area contributed by atoms with Crippen molar-refractivity contribution in [2.75, 3.05) is 14.2 Å². The Kier molecular flexibility index (Phi) is 1.51. The monoisotopic (exact) mass is 218 g/mol. The third-order valence-corrected chi connectivity index (χ3v) is 4.25. The van der Waals surface area contributed by atoms with Gasteiger partial charge in [0, 0.05) is 23.0 Å². The van der Waals surface area contributed by atoms with E-state index in [1.165, 1.54) is 17.5 Å². The van der Waals surface area contributed by atoms with Crippen LogP contribution >= 0.6 is 0 Å². The Labute approximate surface area is 94.3 Å². The van der Waals surface area contributed by atoms with Crippen LogP contribution in [0.4, 0.5) is 0 Å². The normalized spacial score (nSPS) is 36.9. The molecular weight excluding hydrogens is 204 g/mol. The van der Waals surface area contributed by atoms with Gasteiger partial charge in [-0.25, -0.2) is 0 Å². The van der Waals surface area contributed by atoms with E-state index in [2.05, 4.69) is 0 Å². The first-order chi connectivity index (χ1) is 7.85. The Morgan fingerprint density at radius 2 is 1.50 bits per heavy atom. The molecule has 1 aromatic rings. The molecule has 4 atom stereocenters. The molecule has 4 rings (SSSR count). The molecule has 1 aliphatic heterocycles. The third-order valence-electron chi connectivity index (χ3n) is 4.25. The molecule has 0 amide bonds. The lowest BCUT2D eigenvalue weighted by Gasteiger charge is -2.18. The third kappa shape index (κ3) is 0.846. The number of epoxide rings is 1. The molecule has 1 heterocycles. The molecule has 84 valence electrons. The minimum absolute atomic E-state index is 0.457. The fourth-order valence-electron chi connectivity index (χ4n) is 3.61. The molecule has 1 saturated heterocycles. The Balaban J connectivity index is 1.96. The SMILES string of the molecule is COc1ccc(OC)c2c1[C@H]1C[C@H]2[C@H]2O[C@H]21. The van der Waals surface area contributed by atoms with Gasteiger partial charge >= 0.3 is 0 Å². The number of hydrogen-bond donors (Lipinski definition) is 0. The predicted molar refractivity (Wildman–Crippen MR) is 58.3 cm³/mol. The van der Waals surface area contributed by atoms with Crippen molar-refractivity contribution >= 4 is 0 Å². The number of hydrogen-bond acceptors (Lipinski definition) is 3. The van der Waals surface area contributed by atoms with E-state index < -0.39 is 0 Å². The van der Waals surface area contributed by atoms with Gasteiger partial charge < -0.3 is 14.2 Å². The topological polar surface area (TPSA) is 31.0 Å². The van der Waals surface area contributed by atoms with E-state index in [0.29, 0.717) is 24.0 Å². The van der Waals surface area contributed by atoms with Gasteiger partial charge in [0.1, 0.15) is 11.5 Å². The Bertz CT molecular complexity index is 427. The van der Waals surface area contributed by atoms with Gasteiger partial charge in [-0.05, 0) is 18.6 Å². The molecule has 1 saturated carbocycles. The molecule has 0 N–H and O–H groups in total. The summed E-state index contributed by atoms with van der Waals surface area (Å²) in [5.74, 6) is 3.07. The minimum atomic E-state index is 0.457. The van der Waals surface area contributed by atoms with E-state index in [4.69, 9.17) is 14.2 Å². The van der Waals surface area contributed by atoms with E-state index in [9.17, 15) is 0 Å². The van der Waals surface area contributed by atoms with Crippen LogP contribution in [-0.2, 0) is 4.74 Å². The van der Waals surface area contributed by atoms with Crippen LogP contribution in [0.1, 0.15) is 29.4 Å². The van der Waals surface area contributed by atoms with Crippen LogP contribution in [0.15, 0.2) is 12.1 Å². The molecule has 2 fully saturated rings. The van der Waals surface area contributed by atoms with Crippen LogP contribution in [0, 0.1) is 0 Å². The Morgan fingerprint density at radius 3 is 1.94 bits per heavy atom. The summed E-state index contributed by atoms with van der Waals surface area (Å²) in [4.78, 5) is 0. The first-order valence-electron chi connectivity index (χ1n) is 5.75. The first-order valence-corrected chi connectivity index (χ1v) is 5.75. The quantitative estimate of drug-likeness (QED) is 0.712. The second-order valence-corrected chi connectivity index (χ2v) is 4.81. The molecule has 0 spiro atoms. The first kappa shape index (κ1) is 8.88. The minimum Gasteiger partial charge on any atom is -0.496 e. The van der Waals surface area contributed by atoms with Gasteiger partial charge in [0.25, 0.3) is 0 Å². The average Bonchev–Trinajstić information content (AvgIpc) is 2.94. The molecule has 2 bridgehead atoms. The summed E-state index contributed by atoms with van der Waals surface area (Å²) in [6.45, 7) is 0. The van der Waals surface area contributed by atoms with Gasteiger partial charge in [-0.1, -0.05) is 0 Å². The summed E-state index contributed by atoms with van der Waals surface area (Å²) >= 11 is 0. The van der Waals surface area contributed by atoms with Crippen LogP contribution in [0.3, 0.4) is 0 Å². The van der Waals surface area contributed by atoms with Crippen molar-refractivity contribution in [1.29, 1.82) is 0 Å². The standard InChI is InChI=1S/C13H14O3/c1-14-8-3-4-9(15-2)11-7-5-6(10(8)11)12-13(7)16-12/h3-4,6-7,12-13H,5H2,1-2H3/t6-,7-,12-,13+/m1/s1. The summed E-state index contributed by atoms with van der Waals surface area (Å²) < 4.78 is 16.6. The second-order valence-electron chi connectivity index (χ2n) is 4.81.